The van der Waals surface area contributed by atoms with Gasteiger partial charge in [-0.25, -0.2) is 0 Å². The molecule has 0 bridgehead atoms. The van der Waals surface area contributed by atoms with Crippen LogP contribution in [0.25, 0.3) is 0 Å². The molecule has 2 aromatic carbocycles. The van der Waals surface area contributed by atoms with Crippen LogP contribution in [0.3, 0.4) is 0 Å². The number of carbonyl (C=O) groups excluding carboxylic acids is 1. The van der Waals surface area contributed by atoms with E-state index in [2.05, 4.69) is 5.32 Å². The van der Waals surface area contributed by atoms with E-state index < -0.39 is 6.10 Å². The van der Waals surface area contributed by atoms with Gasteiger partial charge in [0.1, 0.15) is 25.0 Å². The van der Waals surface area contributed by atoms with Gasteiger partial charge in [-0.3, -0.25) is 4.79 Å². The highest BCUT2D eigenvalue weighted by molar-refractivity contribution is 6.08. The molecule has 0 aliphatic heterocycles. The molecule has 0 heterocycles. The molecule has 0 radical (unpaired) electrons. The molecule has 5 heteroatoms. The van der Waals surface area contributed by atoms with Crippen LogP contribution in [0.15, 0.2) is 54.6 Å². The van der Waals surface area contributed by atoms with Crippen LogP contribution in [0, 0.1) is 0 Å². The molecule has 0 fully saturated rings. The Morgan fingerprint density at radius 1 is 1.04 bits per heavy atom. The predicted molar refractivity (Wildman–Crippen MR) is 105 cm³/mol. The molecule has 2 rings (SSSR count). The second kappa shape index (κ2) is 11.5. The zero-order valence-corrected chi connectivity index (χ0v) is 16.1. The summed E-state index contributed by atoms with van der Waals surface area (Å²) in [4.78, 5) is 12.4. The minimum absolute atomic E-state index is 0.0155. The maximum atomic E-state index is 12.4. The van der Waals surface area contributed by atoms with Gasteiger partial charge in [-0.05, 0) is 38.1 Å². The Kier molecular flexibility index (Phi) is 8.98. The zero-order valence-electron chi connectivity index (χ0n) is 16.1. The number of hydrogen-bond acceptors (Lipinski definition) is 4. The summed E-state index contributed by atoms with van der Waals surface area (Å²) in [5.41, 5.74) is 1.28. The summed E-state index contributed by atoms with van der Waals surface area (Å²) in [6, 6.07) is 16.2. The molecule has 3 N–H and O–H groups in total. The van der Waals surface area contributed by atoms with Crippen LogP contribution in [0.2, 0.25) is 0 Å². The number of ketones is 1. The molecular formula is C22H30NO4+. The van der Waals surface area contributed by atoms with E-state index in [1.54, 1.807) is 36.4 Å². The predicted octanol–water partition coefficient (Wildman–Crippen LogP) is 2.04. The van der Waals surface area contributed by atoms with Gasteiger partial charge in [0.05, 0.1) is 19.3 Å². The van der Waals surface area contributed by atoms with Crippen molar-refractivity contribution in [1.82, 2.24) is 0 Å². The van der Waals surface area contributed by atoms with E-state index in [1.807, 2.05) is 32.0 Å². The van der Waals surface area contributed by atoms with Crippen LogP contribution in [-0.4, -0.2) is 49.4 Å². The lowest BCUT2D eigenvalue weighted by Gasteiger charge is -2.12. The Morgan fingerprint density at radius 2 is 1.70 bits per heavy atom. The average molecular weight is 372 g/mol. The van der Waals surface area contributed by atoms with E-state index in [-0.39, 0.29) is 18.5 Å². The fourth-order valence-corrected chi connectivity index (χ4v) is 2.58. The van der Waals surface area contributed by atoms with Gasteiger partial charge in [0.15, 0.2) is 5.78 Å². The number of rotatable bonds is 12. The van der Waals surface area contributed by atoms with Crippen molar-refractivity contribution in [2.24, 2.45) is 0 Å². The molecule has 2 aromatic rings. The lowest BCUT2D eigenvalue weighted by molar-refractivity contribution is -0.661. The molecule has 27 heavy (non-hydrogen) atoms. The normalized spacial score (nSPS) is 12.1. The minimum atomic E-state index is -0.540. The summed E-state index contributed by atoms with van der Waals surface area (Å²) in [5, 5.41) is 12.1. The Balaban J connectivity index is 1.68. The van der Waals surface area contributed by atoms with Crippen molar-refractivity contribution in [1.29, 1.82) is 0 Å². The van der Waals surface area contributed by atoms with Crippen LogP contribution < -0.4 is 10.1 Å². The van der Waals surface area contributed by atoms with Crippen molar-refractivity contribution in [2.45, 2.75) is 32.5 Å². The molecule has 0 saturated heterocycles. The first-order valence-corrected chi connectivity index (χ1v) is 9.50. The first-order valence-electron chi connectivity index (χ1n) is 9.50. The number of ether oxygens (including phenoxy) is 2. The third kappa shape index (κ3) is 7.91. The van der Waals surface area contributed by atoms with Crippen LogP contribution in [0.5, 0.6) is 5.75 Å². The SMILES string of the molecule is CC(C)OCCC[NH2+]C[C@H](O)COc1ccc(C(=O)c2ccccc2)cc1. The van der Waals surface area contributed by atoms with Gasteiger partial charge >= 0.3 is 0 Å². The summed E-state index contributed by atoms with van der Waals surface area (Å²) in [5.74, 6) is 0.627. The molecular weight excluding hydrogens is 342 g/mol. The summed E-state index contributed by atoms with van der Waals surface area (Å²) in [7, 11) is 0. The largest absolute Gasteiger partial charge is 0.491 e. The highest BCUT2D eigenvalue weighted by atomic mass is 16.5. The molecule has 0 spiro atoms. The molecule has 5 nitrogen and oxygen atoms in total. The number of nitrogens with two attached hydrogens (primary N) is 1. The number of quaternary nitrogens is 1. The fraction of sp³-hybridized carbons (Fsp3) is 0.409. The Hall–Kier alpha value is -2.21. The van der Waals surface area contributed by atoms with Gasteiger partial charge in [-0.1, -0.05) is 30.3 Å². The molecule has 0 aliphatic rings. The molecule has 0 aromatic heterocycles. The van der Waals surface area contributed by atoms with Crippen molar-refractivity contribution in [3.05, 3.63) is 65.7 Å². The monoisotopic (exact) mass is 372 g/mol. The van der Waals surface area contributed by atoms with Gasteiger partial charge in [0.25, 0.3) is 0 Å². The third-order valence-corrected chi connectivity index (χ3v) is 4.04. The summed E-state index contributed by atoms with van der Waals surface area (Å²) < 4.78 is 11.1. The summed E-state index contributed by atoms with van der Waals surface area (Å²) in [6.45, 7) is 6.52. The third-order valence-electron chi connectivity index (χ3n) is 4.04. The van der Waals surface area contributed by atoms with E-state index in [9.17, 15) is 9.90 Å². The topological polar surface area (TPSA) is 72.4 Å². The molecule has 0 amide bonds. The van der Waals surface area contributed by atoms with Gasteiger partial charge in [-0.15, -0.1) is 0 Å². The second-order valence-electron chi connectivity index (χ2n) is 6.77. The standard InChI is InChI=1S/C22H29NO4/c1-17(2)26-14-6-13-23-15-20(24)16-27-21-11-9-19(10-12-21)22(25)18-7-4-3-5-8-18/h3-5,7-12,17,20,23-24H,6,13-16H2,1-2H3/p+1/t20-/m0/s1. The summed E-state index contributed by atoms with van der Waals surface area (Å²) in [6.07, 6.45) is 0.683. The number of aliphatic hydroxyl groups is 1. The first kappa shape index (κ1) is 21.1. The zero-order chi connectivity index (χ0) is 19.5. The van der Waals surface area contributed by atoms with E-state index in [1.165, 1.54) is 0 Å². The smallest absolute Gasteiger partial charge is 0.193 e. The van der Waals surface area contributed by atoms with E-state index >= 15 is 0 Å². The maximum Gasteiger partial charge on any atom is 0.193 e. The molecule has 0 aliphatic carbocycles. The van der Waals surface area contributed by atoms with Gasteiger partial charge in [-0.2, -0.15) is 0 Å². The molecule has 0 saturated carbocycles. The minimum Gasteiger partial charge on any atom is -0.491 e. The lowest BCUT2D eigenvalue weighted by Crippen LogP contribution is -2.86. The highest BCUT2D eigenvalue weighted by Crippen LogP contribution is 2.15. The molecule has 146 valence electrons. The molecule has 1 atom stereocenters. The van der Waals surface area contributed by atoms with E-state index in [0.717, 1.165) is 19.6 Å². The van der Waals surface area contributed by atoms with Crippen LogP contribution >= 0.6 is 0 Å². The second-order valence-corrected chi connectivity index (χ2v) is 6.77. The first-order chi connectivity index (χ1) is 13.1. The maximum absolute atomic E-state index is 12.4. The Morgan fingerprint density at radius 3 is 2.37 bits per heavy atom. The van der Waals surface area contributed by atoms with Crippen molar-refractivity contribution >= 4 is 5.78 Å². The number of aliphatic hydroxyl groups excluding tert-OH is 1. The van der Waals surface area contributed by atoms with Crippen LogP contribution in [0.1, 0.15) is 36.2 Å². The van der Waals surface area contributed by atoms with Crippen molar-refractivity contribution in [2.75, 3.05) is 26.3 Å². The summed E-state index contributed by atoms with van der Waals surface area (Å²) >= 11 is 0. The van der Waals surface area contributed by atoms with E-state index in [4.69, 9.17) is 9.47 Å². The number of hydrogen-bond donors (Lipinski definition) is 2. The molecule has 0 unspecified atom stereocenters. The lowest BCUT2D eigenvalue weighted by atomic mass is 10.0. The van der Waals surface area contributed by atoms with Crippen LogP contribution in [-0.2, 0) is 4.74 Å². The highest BCUT2D eigenvalue weighted by Gasteiger charge is 2.10. The van der Waals surface area contributed by atoms with Gasteiger partial charge in [0, 0.05) is 17.5 Å². The van der Waals surface area contributed by atoms with Gasteiger partial charge in [0.2, 0.25) is 0 Å². The quantitative estimate of drug-likeness (QED) is 0.442. The van der Waals surface area contributed by atoms with E-state index in [0.29, 0.717) is 23.4 Å². The number of benzene rings is 2. The Bertz CT molecular complexity index is 670. The van der Waals surface area contributed by atoms with Crippen molar-refractivity contribution in [3.63, 3.8) is 0 Å². The Labute approximate surface area is 161 Å². The fourth-order valence-electron chi connectivity index (χ4n) is 2.58. The average Bonchev–Trinajstić information content (AvgIpc) is 2.69. The van der Waals surface area contributed by atoms with Crippen molar-refractivity contribution in [3.8, 4) is 5.75 Å². The van der Waals surface area contributed by atoms with Crippen LogP contribution in [0.4, 0.5) is 0 Å². The number of carbonyl (C=O) groups is 1. The van der Waals surface area contributed by atoms with Crippen molar-refractivity contribution < 1.29 is 24.7 Å². The van der Waals surface area contributed by atoms with Gasteiger partial charge < -0.3 is 19.9 Å².